The quantitative estimate of drug-likeness (QED) is 0.770. The molecule has 3 aliphatic rings. The van der Waals surface area contributed by atoms with Crippen molar-refractivity contribution in [2.24, 2.45) is 0 Å². The van der Waals surface area contributed by atoms with Crippen molar-refractivity contribution in [2.75, 3.05) is 32.8 Å². The summed E-state index contributed by atoms with van der Waals surface area (Å²) in [6.45, 7) is 4.90. The monoisotopic (exact) mass is 339 g/mol. The largest absolute Gasteiger partial charge is 0.379 e. The maximum atomic E-state index is 5.59. The summed E-state index contributed by atoms with van der Waals surface area (Å²) >= 11 is 5.59. The second-order valence-electron chi connectivity index (χ2n) is 7.55. The summed E-state index contributed by atoms with van der Waals surface area (Å²) in [5, 5.41) is 8.00. The van der Waals surface area contributed by atoms with Gasteiger partial charge in [-0.2, -0.15) is 0 Å². The normalized spacial score (nSPS) is 26.6. The van der Waals surface area contributed by atoms with Crippen molar-refractivity contribution in [2.45, 2.75) is 75.8 Å². The molecule has 2 N–H and O–H groups in total. The predicted octanol–water partition coefficient (Wildman–Crippen LogP) is 2.82. The van der Waals surface area contributed by atoms with Gasteiger partial charge < -0.3 is 15.4 Å². The van der Waals surface area contributed by atoms with Crippen molar-refractivity contribution < 1.29 is 4.74 Å². The van der Waals surface area contributed by atoms with Gasteiger partial charge in [-0.1, -0.05) is 38.5 Å². The van der Waals surface area contributed by atoms with Crippen LogP contribution < -0.4 is 10.6 Å². The van der Waals surface area contributed by atoms with E-state index in [0.29, 0.717) is 11.6 Å². The zero-order valence-electron chi connectivity index (χ0n) is 14.4. The molecule has 5 heteroatoms. The lowest BCUT2D eigenvalue weighted by atomic mass is 9.80. The zero-order chi connectivity index (χ0) is 16.0. The van der Waals surface area contributed by atoms with Gasteiger partial charge in [0.2, 0.25) is 0 Å². The molecule has 1 saturated heterocycles. The third-order valence-electron chi connectivity index (χ3n) is 5.98. The highest BCUT2D eigenvalue weighted by Crippen LogP contribution is 2.33. The molecule has 0 atom stereocenters. The molecule has 0 aromatic heterocycles. The van der Waals surface area contributed by atoms with Gasteiger partial charge in [-0.05, 0) is 37.9 Å². The van der Waals surface area contributed by atoms with E-state index < -0.39 is 0 Å². The molecule has 2 aliphatic carbocycles. The molecule has 1 aliphatic heterocycles. The number of nitrogens with zero attached hydrogens (tertiary/aromatic N) is 1. The van der Waals surface area contributed by atoms with Crippen molar-refractivity contribution in [1.29, 1.82) is 0 Å². The molecule has 132 valence electrons. The first-order valence-electron chi connectivity index (χ1n) is 9.66. The predicted molar refractivity (Wildman–Crippen MR) is 98.8 cm³/mol. The standard InChI is InChI=1S/C18H33N3OS/c23-17(20-16-7-3-1-4-8-16)19-15-18(9-5-2-6-10-18)21-11-13-22-14-12-21/h16H,1-15H2,(H2,19,20,23). The molecule has 0 bridgehead atoms. The molecule has 0 spiro atoms. The van der Waals surface area contributed by atoms with Gasteiger partial charge in [0.1, 0.15) is 0 Å². The summed E-state index contributed by atoms with van der Waals surface area (Å²) in [4.78, 5) is 2.67. The van der Waals surface area contributed by atoms with Crippen LogP contribution in [0.5, 0.6) is 0 Å². The van der Waals surface area contributed by atoms with Crippen LogP contribution in [-0.2, 0) is 4.74 Å². The Hall–Kier alpha value is -0.390. The van der Waals surface area contributed by atoms with Gasteiger partial charge in [-0.15, -0.1) is 0 Å². The molecular weight excluding hydrogens is 306 g/mol. The Kier molecular flexibility index (Phi) is 6.54. The Morgan fingerprint density at radius 3 is 2.35 bits per heavy atom. The van der Waals surface area contributed by atoms with Crippen LogP contribution in [0.15, 0.2) is 0 Å². The van der Waals surface area contributed by atoms with E-state index in [0.717, 1.165) is 38.0 Å². The van der Waals surface area contributed by atoms with E-state index >= 15 is 0 Å². The molecule has 23 heavy (non-hydrogen) atoms. The number of nitrogens with one attached hydrogen (secondary N) is 2. The summed E-state index contributed by atoms with van der Waals surface area (Å²) < 4.78 is 5.56. The van der Waals surface area contributed by atoms with Crippen LogP contribution in [0.1, 0.15) is 64.2 Å². The molecule has 4 nitrogen and oxygen atoms in total. The third-order valence-corrected chi connectivity index (χ3v) is 6.25. The minimum absolute atomic E-state index is 0.292. The van der Waals surface area contributed by atoms with Crippen LogP contribution in [0.4, 0.5) is 0 Å². The van der Waals surface area contributed by atoms with Crippen molar-refractivity contribution in [3.63, 3.8) is 0 Å². The minimum Gasteiger partial charge on any atom is -0.379 e. The van der Waals surface area contributed by atoms with Crippen molar-refractivity contribution in [3.05, 3.63) is 0 Å². The number of rotatable bonds is 4. The van der Waals surface area contributed by atoms with Crippen LogP contribution in [0.25, 0.3) is 0 Å². The Bertz CT molecular complexity index is 372. The second kappa shape index (κ2) is 8.63. The first kappa shape index (κ1) is 17.4. The molecule has 1 heterocycles. The van der Waals surface area contributed by atoms with Crippen LogP contribution >= 0.6 is 12.2 Å². The SMILES string of the molecule is S=C(NCC1(N2CCOCC2)CCCCC1)NC1CCCCC1. The van der Waals surface area contributed by atoms with Crippen LogP contribution in [0.2, 0.25) is 0 Å². The van der Waals surface area contributed by atoms with Gasteiger partial charge in [-0.25, -0.2) is 0 Å². The molecule has 0 amide bonds. The van der Waals surface area contributed by atoms with E-state index in [-0.39, 0.29) is 0 Å². The first-order chi connectivity index (χ1) is 11.3. The van der Waals surface area contributed by atoms with E-state index in [1.807, 2.05) is 0 Å². The Labute approximate surface area is 146 Å². The van der Waals surface area contributed by atoms with E-state index in [9.17, 15) is 0 Å². The zero-order valence-corrected chi connectivity index (χ0v) is 15.3. The number of hydrogen-bond acceptors (Lipinski definition) is 3. The molecule has 0 aromatic carbocycles. The topological polar surface area (TPSA) is 36.5 Å². The minimum atomic E-state index is 0.292. The summed E-state index contributed by atoms with van der Waals surface area (Å²) in [6, 6.07) is 0.592. The maximum Gasteiger partial charge on any atom is 0.166 e. The average Bonchev–Trinajstić information content (AvgIpc) is 2.62. The highest BCUT2D eigenvalue weighted by molar-refractivity contribution is 7.80. The molecule has 0 aromatic rings. The molecule has 0 radical (unpaired) electrons. The average molecular weight is 340 g/mol. The van der Waals surface area contributed by atoms with E-state index in [1.165, 1.54) is 64.2 Å². The number of morpholine rings is 1. The van der Waals surface area contributed by atoms with E-state index in [1.54, 1.807) is 0 Å². The third kappa shape index (κ3) is 4.80. The van der Waals surface area contributed by atoms with Crippen LogP contribution in [0, 0.1) is 0 Å². The number of thiocarbonyl (C=S) groups is 1. The van der Waals surface area contributed by atoms with Crippen molar-refractivity contribution in [1.82, 2.24) is 15.5 Å². The molecular formula is C18H33N3OS. The summed E-state index contributed by atoms with van der Waals surface area (Å²) in [5.41, 5.74) is 0.292. The van der Waals surface area contributed by atoms with Gasteiger partial charge in [-0.3, -0.25) is 4.90 Å². The Balaban J connectivity index is 1.52. The van der Waals surface area contributed by atoms with E-state index in [4.69, 9.17) is 17.0 Å². The fraction of sp³-hybridized carbons (Fsp3) is 0.944. The van der Waals surface area contributed by atoms with Gasteiger partial charge in [0.15, 0.2) is 5.11 Å². The van der Waals surface area contributed by atoms with Gasteiger partial charge in [0.25, 0.3) is 0 Å². The maximum absolute atomic E-state index is 5.59. The number of hydrogen-bond donors (Lipinski definition) is 2. The van der Waals surface area contributed by atoms with Crippen molar-refractivity contribution in [3.8, 4) is 0 Å². The smallest absolute Gasteiger partial charge is 0.166 e. The van der Waals surface area contributed by atoms with Gasteiger partial charge >= 0.3 is 0 Å². The fourth-order valence-electron chi connectivity index (χ4n) is 4.58. The second-order valence-corrected chi connectivity index (χ2v) is 7.95. The molecule has 3 fully saturated rings. The highest BCUT2D eigenvalue weighted by atomic mass is 32.1. The molecule has 2 saturated carbocycles. The lowest BCUT2D eigenvalue weighted by Gasteiger charge is -2.48. The van der Waals surface area contributed by atoms with Crippen molar-refractivity contribution >= 4 is 17.3 Å². The fourth-order valence-corrected chi connectivity index (χ4v) is 4.82. The molecule has 0 unspecified atom stereocenters. The first-order valence-corrected chi connectivity index (χ1v) is 10.1. The van der Waals surface area contributed by atoms with E-state index in [2.05, 4.69) is 15.5 Å². The number of ether oxygens (including phenoxy) is 1. The van der Waals surface area contributed by atoms with Crippen LogP contribution in [-0.4, -0.2) is 54.4 Å². The van der Waals surface area contributed by atoms with Gasteiger partial charge in [0.05, 0.1) is 13.2 Å². The molecule has 3 rings (SSSR count). The summed E-state index contributed by atoms with van der Waals surface area (Å²) in [5.74, 6) is 0. The summed E-state index contributed by atoms with van der Waals surface area (Å²) in [6.07, 6.45) is 13.3. The lowest BCUT2D eigenvalue weighted by molar-refractivity contribution is -0.0352. The van der Waals surface area contributed by atoms with Crippen LogP contribution in [0.3, 0.4) is 0 Å². The highest BCUT2D eigenvalue weighted by Gasteiger charge is 2.38. The van der Waals surface area contributed by atoms with Gasteiger partial charge in [0, 0.05) is 31.2 Å². The Morgan fingerprint density at radius 1 is 1.00 bits per heavy atom. The Morgan fingerprint density at radius 2 is 1.65 bits per heavy atom. The lowest BCUT2D eigenvalue weighted by Crippen LogP contribution is -2.60. The summed E-state index contributed by atoms with van der Waals surface area (Å²) in [7, 11) is 0.